The largest absolute Gasteiger partial charge is 0.238 e. The van der Waals surface area contributed by atoms with E-state index in [2.05, 4.69) is 34.0 Å². The fourth-order valence-corrected chi connectivity index (χ4v) is 2.28. The van der Waals surface area contributed by atoms with E-state index in [9.17, 15) is 0 Å². The number of aromatic nitrogens is 2. The smallest absolute Gasteiger partial charge is 0.0648 e. The average molecular weight is 198 g/mol. The van der Waals surface area contributed by atoms with Crippen LogP contribution in [0.2, 0.25) is 0 Å². The minimum Gasteiger partial charge on any atom is -0.238 e. The predicted molar refractivity (Wildman–Crippen MR) is 60.2 cm³/mol. The molecule has 1 aliphatic carbocycles. The van der Waals surface area contributed by atoms with Gasteiger partial charge in [0.15, 0.2) is 0 Å². The van der Waals surface area contributed by atoms with Gasteiger partial charge in [0.1, 0.15) is 0 Å². The molecule has 2 heteroatoms. The Hall–Kier alpha value is -1.57. The molecule has 0 aliphatic heterocycles. The lowest BCUT2D eigenvalue weighted by molar-refractivity contribution is 0.653. The van der Waals surface area contributed by atoms with Crippen molar-refractivity contribution in [2.75, 3.05) is 0 Å². The number of fused-ring (bicyclic) bond motifs is 1. The first-order valence-electron chi connectivity index (χ1n) is 5.56. The lowest BCUT2D eigenvalue weighted by Gasteiger charge is -2.13. The van der Waals surface area contributed by atoms with Crippen LogP contribution in [0.3, 0.4) is 0 Å². The van der Waals surface area contributed by atoms with Gasteiger partial charge >= 0.3 is 0 Å². The van der Waals surface area contributed by atoms with Crippen molar-refractivity contribution >= 4 is 0 Å². The third kappa shape index (κ3) is 1.46. The molecule has 0 saturated carbocycles. The molecule has 1 aromatic heterocycles. The molecule has 1 aromatic carbocycles. The summed E-state index contributed by atoms with van der Waals surface area (Å²) in [7, 11) is 0. The lowest BCUT2D eigenvalue weighted by atomic mass is 9.98. The molecule has 0 amide bonds. The maximum atomic E-state index is 4.48. The van der Waals surface area contributed by atoms with Crippen molar-refractivity contribution in [3.63, 3.8) is 0 Å². The van der Waals surface area contributed by atoms with Gasteiger partial charge in [0, 0.05) is 5.69 Å². The van der Waals surface area contributed by atoms with Crippen LogP contribution in [0.25, 0.3) is 5.69 Å². The molecule has 0 atom stereocenters. The molecule has 0 radical (unpaired) electrons. The van der Waals surface area contributed by atoms with Gasteiger partial charge in [-0.2, -0.15) is 5.10 Å². The third-order valence-electron chi connectivity index (χ3n) is 3.07. The summed E-state index contributed by atoms with van der Waals surface area (Å²) in [5, 5.41) is 4.48. The van der Waals surface area contributed by atoms with Gasteiger partial charge in [0.25, 0.3) is 0 Å². The van der Waals surface area contributed by atoms with Crippen molar-refractivity contribution in [3.05, 3.63) is 47.8 Å². The highest BCUT2D eigenvalue weighted by atomic mass is 15.3. The molecule has 3 rings (SSSR count). The van der Waals surface area contributed by atoms with Crippen LogP contribution in [-0.2, 0) is 12.8 Å². The van der Waals surface area contributed by atoms with Crippen molar-refractivity contribution in [3.8, 4) is 5.69 Å². The highest BCUT2D eigenvalue weighted by Gasteiger charge is 2.15. The Morgan fingerprint density at radius 3 is 2.67 bits per heavy atom. The maximum Gasteiger partial charge on any atom is 0.0648 e. The maximum absolute atomic E-state index is 4.48. The summed E-state index contributed by atoms with van der Waals surface area (Å²) in [5.41, 5.74) is 4.03. The van der Waals surface area contributed by atoms with Crippen LogP contribution in [0.5, 0.6) is 0 Å². The Kier molecular flexibility index (Phi) is 2.05. The average Bonchev–Trinajstić information content (AvgIpc) is 2.74. The van der Waals surface area contributed by atoms with Crippen molar-refractivity contribution in [1.29, 1.82) is 0 Å². The fourth-order valence-electron chi connectivity index (χ4n) is 2.28. The van der Waals surface area contributed by atoms with Crippen LogP contribution >= 0.6 is 0 Å². The Labute approximate surface area is 89.5 Å². The van der Waals surface area contributed by atoms with Gasteiger partial charge in [-0.3, -0.25) is 0 Å². The summed E-state index contributed by atoms with van der Waals surface area (Å²) in [4.78, 5) is 0. The number of rotatable bonds is 1. The minimum atomic E-state index is 1.17. The summed E-state index contributed by atoms with van der Waals surface area (Å²) in [6, 6.07) is 10.4. The summed E-state index contributed by atoms with van der Waals surface area (Å²) in [6.07, 6.45) is 7.01. The minimum absolute atomic E-state index is 1.17. The van der Waals surface area contributed by atoms with Crippen molar-refractivity contribution in [1.82, 2.24) is 9.78 Å². The monoisotopic (exact) mass is 198 g/mol. The van der Waals surface area contributed by atoms with Gasteiger partial charge in [-0.15, -0.1) is 0 Å². The molecule has 2 nitrogen and oxygen atoms in total. The first-order valence-corrected chi connectivity index (χ1v) is 5.56. The molecule has 76 valence electrons. The first-order chi connectivity index (χ1) is 7.45. The summed E-state index contributed by atoms with van der Waals surface area (Å²) < 4.78 is 2.09. The van der Waals surface area contributed by atoms with E-state index in [1.54, 1.807) is 0 Å². The molecule has 0 fully saturated rings. The standard InChI is InChI=1S/C13H14N2/c1-2-7-12(8-3-1)15-13-9-5-4-6-11(13)10-14-15/h1-3,7-8,10H,4-6,9H2. The van der Waals surface area contributed by atoms with Crippen LogP contribution in [0.15, 0.2) is 36.5 Å². The molecular formula is C13H14N2. The molecular weight excluding hydrogens is 184 g/mol. The van der Waals surface area contributed by atoms with Gasteiger partial charge in [-0.25, -0.2) is 4.68 Å². The van der Waals surface area contributed by atoms with E-state index in [4.69, 9.17) is 0 Å². The van der Waals surface area contributed by atoms with E-state index in [-0.39, 0.29) is 0 Å². The highest BCUT2D eigenvalue weighted by Crippen LogP contribution is 2.23. The highest BCUT2D eigenvalue weighted by molar-refractivity contribution is 5.35. The number of aryl methyl sites for hydroxylation is 1. The Morgan fingerprint density at radius 2 is 1.80 bits per heavy atom. The van der Waals surface area contributed by atoms with Gasteiger partial charge in [0.05, 0.1) is 11.9 Å². The van der Waals surface area contributed by atoms with E-state index >= 15 is 0 Å². The second-order valence-corrected chi connectivity index (χ2v) is 4.07. The predicted octanol–water partition coefficient (Wildman–Crippen LogP) is 2.75. The number of hydrogen-bond donors (Lipinski definition) is 0. The first kappa shape index (κ1) is 8.72. The zero-order valence-corrected chi connectivity index (χ0v) is 8.69. The second-order valence-electron chi connectivity index (χ2n) is 4.07. The molecule has 1 heterocycles. The normalized spacial score (nSPS) is 14.9. The van der Waals surface area contributed by atoms with Crippen molar-refractivity contribution in [2.45, 2.75) is 25.7 Å². The van der Waals surface area contributed by atoms with E-state index in [0.29, 0.717) is 0 Å². The third-order valence-corrected chi connectivity index (χ3v) is 3.07. The number of hydrogen-bond acceptors (Lipinski definition) is 1. The quantitative estimate of drug-likeness (QED) is 0.689. The number of para-hydroxylation sites is 1. The Morgan fingerprint density at radius 1 is 1.00 bits per heavy atom. The zero-order valence-electron chi connectivity index (χ0n) is 8.69. The van der Waals surface area contributed by atoms with Crippen LogP contribution in [0.4, 0.5) is 0 Å². The molecule has 0 N–H and O–H groups in total. The molecule has 0 bridgehead atoms. The summed E-state index contributed by atoms with van der Waals surface area (Å²) >= 11 is 0. The van der Waals surface area contributed by atoms with E-state index in [0.717, 1.165) is 0 Å². The molecule has 0 unspecified atom stereocenters. The number of benzene rings is 1. The lowest BCUT2D eigenvalue weighted by Crippen LogP contribution is -2.07. The van der Waals surface area contributed by atoms with Crippen LogP contribution in [-0.4, -0.2) is 9.78 Å². The van der Waals surface area contributed by atoms with Gasteiger partial charge in [0.2, 0.25) is 0 Å². The van der Waals surface area contributed by atoms with Crippen molar-refractivity contribution in [2.24, 2.45) is 0 Å². The zero-order chi connectivity index (χ0) is 10.1. The Balaban J connectivity index is 2.09. The van der Waals surface area contributed by atoms with Crippen molar-refractivity contribution < 1.29 is 0 Å². The van der Waals surface area contributed by atoms with E-state index < -0.39 is 0 Å². The second kappa shape index (κ2) is 3.54. The number of nitrogens with zero attached hydrogens (tertiary/aromatic N) is 2. The molecule has 0 spiro atoms. The molecule has 1 aliphatic rings. The van der Waals surface area contributed by atoms with Gasteiger partial charge < -0.3 is 0 Å². The van der Waals surface area contributed by atoms with Gasteiger partial charge in [-0.1, -0.05) is 18.2 Å². The fraction of sp³-hybridized carbons (Fsp3) is 0.308. The van der Waals surface area contributed by atoms with Crippen LogP contribution < -0.4 is 0 Å². The molecule has 2 aromatic rings. The SMILES string of the molecule is c1ccc(-n2ncc3c2CCCC3)cc1. The topological polar surface area (TPSA) is 17.8 Å². The Bertz CT molecular complexity index is 457. The summed E-state index contributed by atoms with van der Waals surface area (Å²) in [6.45, 7) is 0. The van der Waals surface area contributed by atoms with Crippen LogP contribution in [0, 0.1) is 0 Å². The molecule has 0 saturated heterocycles. The molecule has 15 heavy (non-hydrogen) atoms. The van der Waals surface area contributed by atoms with Gasteiger partial charge in [-0.05, 0) is 43.4 Å². The van der Waals surface area contributed by atoms with E-state index in [1.165, 1.54) is 42.6 Å². The summed E-state index contributed by atoms with van der Waals surface area (Å²) in [5.74, 6) is 0. The van der Waals surface area contributed by atoms with Crippen LogP contribution in [0.1, 0.15) is 24.1 Å². The van der Waals surface area contributed by atoms with E-state index in [1.807, 2.05) is 12.3 Å².